The fraction of sp³-hybridized carbons (Fsp3) is 0. The highest BCUT2D eigenvalue weighted by atomic mass is 35.5. The Kier molecular flexibility index (Phi) is 1.87. The molecule has 13 heavy (non-hydrogen) atoms. The largest absolute Gasteiger partial charge is 0.396 e. The summed E-state index contributed by atoms with van der Waals surface area (Å²) >= 11 is 7.21. The van der Waals surface area contributed by atoms with Gasteiger partial charge in [-0.25, -0.2) is 0 Å². The van der Waals surface area contributed by atoms with E-state index in [4.69, 9.17) is 22.6 Å². The van der Waals surface area contributed by atoms with Gasteiger partial charge in [-0.05, 0) is 6.07 Å². The van der Waals surface area contributed by atoms with Crippen LogP contribution < -0.4 is 5.73 Å². The van der Waals surface area contributed by atoms with E-state index in [0.717, 1.165) is 10.1 Å². The van der Waals surface area contributed by atoms with Crippen LogP contribution in [0.5, 0.6) is 0 Å². The molecule has 2 nitrogen and oxygen atoms in total. The molecule has 0 amide bonds. The van der Waals surface area contributed by atoms with Crippen molar-refractivity contribution in [1.29, 1.82) is 5.26 Å². The van der Waals surface area contributed by atoms with Crippen LogP contribution in [0.25, 0.3) is 10.1 Å². The molecule has 0 atom stereocenters. The Hall–Kier alpha value is -1.24. The number of benzene rings is 1. The van der Waals surface area contributed by atoms with Crippen LogP contribution in [-0.2, 0) is 0 Å². The maximum absolute atomic E-state index is 8.81. The molecule has 0 unspecified atom stereocenters. The van der Waals surface area contributed by atoms with Gasteiger partial charge in [-0.1, -0.05) is 23.7 Å². The second-order valence-corrected chi connectivity index (χ2v) is 4.21. The van der Waals surface area contributed by atoms with Crippen LogP contribution in [0.1, 0.15) is 5.56 Å². The fourth-order valence-electron chi connectivity index (χ4n) is 1.20. The Balaban J connectivity index is 2.95. The van der Waals surface area contributed by atoms with E-state index in [0.29, 0.717) is 15.6 Å². The van der Waals surface area contributed by atoms with Gasteiger partial charge in [-0.2, -0.15) is 5.26 Å². The predicted molar refractivity (Wildman–Crippen MR) is 56.0 cm³/mol. The van der Waals surface area contributed by atoms with Crippen molar-refractivity contribution in [2.75, 3.05) is 5.73 Å². The molecule has 0 fully saturated rings. The summed E-state index contributed by atoms with van der Waals surface area (Å²) in [6, 6.07) is 7.54. The number of hydrogen-bond acceptors (Lipinski definition) is 3. The third-order valence-electron chi connectivity index (χ3n) is 1.83. The highest BCUT2D eigenvalue weighted by Crippen LogP contribution is 2.38. The van der Waals surface area contributed by atoms with Crippen LogP contribution in [-0.4, -0.2) is 0 Å². The molecule has 1 aromatic heterocycles. The Bertz CT molecular complexity index is 510. The van der Waals surface area contributed by atoms with Gasteiger partial charge in [0.2, 0.25) is 0 Å². The van der Waals surface area contributed by atoms with E-state index >= 15 is 0 Å². The Morgan fingerprint density at radius 3 is 2.92 bits per heavy atom. The van der Waals surface area contributed by atoms with Crippen molar-refractivity contribution in [2.45, 2.75) is 0 Å². The number of thiophene rings is 1. The third-order valence-corrected chi connectivity index (χ3v) is 3.31. The molecular formula is C9H5ClN2S. The van der Waals surface area contributed by atoms with Crippen LogP contribution in [0.2, 0.25) is 4.34 Å². The third kappa shape index (κ3) is 1.15. The summed E-state index contributed by atoms with van der Waals surface area (Å²) in [4.78, 5) is 0. The zero-order valence-electron chi connectivity index (χ0n) is 6.54. The first kappa shape index (κ1) is 8.36. The molecule has 4 heteroatoms. The molecule has 0 aliphatic heterocycles. The van der Waals surface area contributed by atoms with Crippen molar-refractivity contribution in [3.8, 4) is 6.07 Å². The average Bonchev–Trinajstić information content (AvgIpc) is 2.43. The number of rotatable bonds is 0. The van der Waals surface area contributed by atoms with Gasteiger partial charge in [0.25, 0.3) is 0 Å². The van der Waals surface area contributed by atoms with Gasteiger partial charge in [0.1, 0.15) is 10.4 Å². The van der Waals surface area contributed by atoms with Crippen LogP contribution in [0.3, 0.4) is 0 Å². The van der Waals surface area contributed by atoms with Crippen LogP contribution in [0, 0.1) is 11.3 Å². The van der Waals surface area contributed by atoms with Gasteiger partial charge in [-0.3, -0.25) is 0 Å². The van der Waals surface area contributed by atoms with Crippen molar-refractivity contribution in [3.05, 3.63) is 28.1 Å². The molecule has 1 aromatic carbocycles. The van der Waals surface area contributed by atoms with E-state index in [1.54, 1.807) is 12.1 Å². The molecule has 1 heterocycles. The highest BCUT2D eigenvalue weighted by Gasteiger charge is 2.09. The van der Waals surface area contributed by atoms with Crippen LogP contribution >= 0.6 is 22.9 Å². The highest BCUT2D eigenvalue weighted by molar-refractivity contribution is 7.23. The van der Waals surface area contributed by atoms with E-state index in [-0.39, 0.29) is 0 Å². The number of halogens is 1. The van der Waals surface area contributed by atoms with Crippen LogP contribution in [0.4, 0.5) is 5.69 Å². The first-order chi connectivity index (χ1) is 6.24. The number of anilines is 1. The minimum Gasteiger partial charge on any atom is -0.396 e. The van der Waals surface area contributed by atoms with Gasteiger partial charge >= 0.3 is 0 Å². The fourth-order valence-corrected chi connectivity index (χ4v) is 2.44. The van der Waals surface area contributed by atoms with Gasteiger partial charge in [-0.15, -0.1) is 11.3 Å². The summed E-state index contributed by atoms with van der Waals surface area (Å²) in [6.07, 6.45) is 0. The lowest BCUT2D eigenvalue weighted by Crippen LogP contribution is -1.81. The van der Waals surface area contributed by atoms with E-state index in [1.165, 1.54) is 11.3 Å². The molecule has 0 spiro atoms. The second-order valence-electron chi connectivity index (χ2n) is 2.58. The first-order valence-corrected chi connectivity index (χ1v) is 4.80. The lowest BCUT2D eigenvalue weighted by molar-refractivity contribution is 1.51. The predicted octanol–water partition coefficient (Wildman–Crippen LogP) is 3.01. The molecule has 0 saturated carbocycles. The maximum Gasteiger partial charge on any atom is 0.117 e. The van der Waals surface area contributed by atoms with Crippen molar-refractivity contribution >= 4 is 38.7 Å². The summed E-state index contributed by atoms with van der Waals surface area (Å²) in [6.45, 7) is 0. The second kappa shape index (κ2) is 2.91. The lowest BCUT2D eigenvalue weighted by atomic mass is 10.2. The normalized spacial score (nSPS) is 10.2. The number of nitrogens with zero attached hydrogens (tertiary/aromatic N) is 1. The molecule has 64 valence electrons. The van der Waals surface area contributed by atoms with E-state index < -0.39 is 0 Å². The number of fused-ring (bicyclic) bond motifs is 1. The van der Waals surface area contributed by atoms with Gasteiger partial charge < -0.3 is 5.73 Å². The summed E-state index contributed by atoms with van der Waals surface area (Å²) in [5, 5.41) is 9.68. The molecule has 2 rings (SSSR count). The molecule has 2 aromatic rings. The molecular weight excluding hydrogens is 204 g/mol. The van der Waals surface area contributed by atoms with E-state index in [1.807, 2.05) is 6.07 Å². The Morgan fingerprint density at radius 1 is 1.46 bits per heavy atom. The molecule has 0 radical (unpaired) electrons. The van der Waals surface area contributed by atoms with Crippen LogP contribution in [0.15, 0.2) is 18.2 Å². The minimum absolute atomic E-state index is 0.553. The van der Waals surface area contributed by atoms with Crippen molar-refractivity contribution < 1.29 is 0 Å². The number of nitriles is 1. The summed E-state index contributed by atoms with van der Waals surface area (Å²) in [7, 11) is 0. The minimum atomic E-state index is 0.553. The summed E-state index contributed by atoms with van der Waals surface area (Å²) in [5.74, 6) is 0. The quantitative estimate of drug-likeness (QED) is 0.724. The maximum atomic E-state index is 8.81. The topological polar surface area (TPSA) is 49.8 Å². The molecule has 0 aliphatic rings. The van der Waals surface area contributed by atoms with Crippen molar-refractivity contribution in [1.82, 2.24) is 0 Å². The van der Waals surface area contributed by atoms with Gasteiger partial charge in [0, 0.05) is 5.39 Å². The van der Waals surface area contributed by atoms with Gasteiger partial charge in [0.15, 0.2) is 0 Å². The zero-order chi connectivity index (χ0) is 9.42. The summed E-state index contributed by atoms with van der Waals surface area (Å²) in [5.41, 5.74) is 6.93. The Morgan fingerprint density at radius 2 is 2.23 bits per heavy atom. The summed E-state index contributed by atoms with van der Waals surface area (Å²) < 4.78 is 1.42. The van der Waals surface area contributed by atoms with Crippen molar-refractivity contribution in [3.63, 3.8) is 0 Å². The Labute approximate surface area is 84.2 Å². The molecule has 0 aliphatic carbocycles. The lowest BCUT2D eigenvalue weighted by Gasteiger charge is -1.91. The first-order valence-electron chi connectivity index (χ1n) is 3.60. The number of nitrogen functional groups attached to an aromatic ring is 1. The van der Waals surface area contributed by atoms with E-state index in [9.17, 15) is 0 Å². The van der Waals surface area contributed by atoms with E-state index in [2.05, 4.69) is 6.07 Å². The van der Waals surface area contributed by atoms with Crippen molar-refractivity contribution in [2.24, 2.45) is 0 Å². The number of nitrogens with two attached hydrogens (primary N) is 1. The standard InChI is InChI=1S/C9H5ClN2S/c10-9-7(12)6-3-1-2-5(4-11)8(6)13-9/h1-3H,12H2. The number of hydrogen-bond donors (Lipinski definition) is 1. The average molecular weight is 209 g/mol. The SMILES string of the molecule is N#Cc1cccc2c(N)c(Cl)sc12. The molecule has 0 bridgehead atoms. The smallest absolute Gasteiger partial charge is 0.117 e. The molecule has 2 N–H and O–H groups in total. The molecule has 0 saturated heterocycles. The van der Waals surface area contributed by atoms with Gasteiger partial charge in [0.05, 0.1) is 16.0 Å². The zero-order valence-corrected chi connectivity index (χ0v) is 8.12. The monoisotopic (exact) mass is 208 g/mol.